The molecule has 0 spiro atoms. The van der Waals surface area contributed by atoms with Crippen molar-refractivity contribution in [1.82, 2.24) is 10.2 Å². The van der Waals surface area contributed by atoms with Gasteiger partial charge in [0, 0.05) is 21.4 Å². The van der Waals surface area contributed by atoms with Gasteiger partial charge in [-0.25, -0.2) is 0 Å². The van der Waals surface area contributed by atoms with Gasteiger partial charge in [-0.2, -0.15) is 0 Å². The SMILES string of the molecule is CCOc1ccc(C2C(=C(O)c3ccc(OCc4cccc(C)c4)cc3)C(=O)C(=O)N2c2nnc(SCc3ccc(Cl)cc3Cl)s2)cc1. The lowest BCUT2D eigenvalue weighted by atomic mass is 9.95. The first-order valence-electron chi connectivity index (χ1n) is 14.9. The lowest BCUT2D eigenvalue weighted by Crippen LogP contribution is -2.29. The molecule has 5 aromatic rings. The molecule has 0 bridgehead atoms. The lowest BCUT2D eigenvalue weighted by molar-refractivity contribution is -0.132. The van der Waals surface area contributed by atoms with Crippen molar-refractivity contribution in [3.8, 4) is 11.5 Å². The number of aliphatic hydroxyl groups is 1. The predicted octanol–water partition coefficient (Wildman–Crippen LogP) is 9.05. The number of Topliss-reactive ketones (excluding diaryl/α,β-unsaturated/α-hetero) is 1. The van der Waals surface area contributed by atoms with E-state index >= 15 is 0 Å². The third-order valence-electron chi connectivity index (χ3n) is 7.54. The van der Waals surface area contributed by atoms with Crippen LogP contribution in [0.1, 0.15) is 40.8 Å². The maximum Gasteiger partial charge on any atom is 0.301 e. The van der Waals surface area contributed by atoms with Gasteiger partial charge in [-0.3, -0.25) is 14.5 Å². The second-order valence-corrected chi connectivity index (χ2v) is 13.9. The molecule has 1 amide bonds. The molecular weight excluding hydrogens is 689 g/mol. The summed E-state index contributed by atoms with van der Waals surface area (Å²) in [6.07, 6.45) is 0. The second kappa shape index (κ2) is 14.8. The summed E-state index contributed by atoms with van der Waals surface area (Å²) in [5.74, 6) is -0.233. The Bertz CT molecular complexity index is 2000. The Kier molecular flexibility index (Phi) is 10.4. The second-order valence-electron chi connectivity index (χ2n) is 10.8. The molecule has 0 aliphatic carbocycles. The normalized spacial score (nSPS) is 15.6. The predicted molar refractivity (Wildman–Crippen MR) is 190 cm³/mol. The number of carbonyl (C=O) groups is 2. The Morgan fingerprint density at radius 3 is 2.38 bits per heavy atom. The number of hydrogen-bond donors (Lipinski definition) is 1. The van der Waals surface area contributed by atoms with Crippen molar-refractivity contribution in [2.24, 2.45) is 0 Å². The first kappa shape index (κ1) is 33.5. The molecule has 1 aromatic heterocycles. The molecule has 2 heterocycles. The van der Waals surface area contributed by atoms with Crippen LogP contribution in [0.15, 0.2) is 101 Å². The Morgan fingerprint density at radius 1 is 0.938 bits per heavy atom. The Labute approximate surface area is 295 Å². The maximum atomic E-state index is 13.7. The minimum absolute atomic E-state index is 0.0602. The third-order valence-corrected chi connectivity index (χ3v) is 10.2. The number of carbonyl (C=O) groups excluding carboxylic acids is 2. The molecule has 1 fully saturated rings. The van der Waals surface area contributed by atoms with Crippen molar-refractivity contribution in [2.75, 3.05) is 11.5 Å². The Morgan fingerprint density at radius 2 is 1.67 bits per heavy atom. The van der Waals surface area contributed by atoms with E-state index in [1.807, 2.05) is 38.1 Å². The quantitative estimate of drug-likeness (QED) is 0.0475. The summed E-state index contributed by atoms with van der Waals surface area (Å²) >= 11 is 14.9. The van der Waals surface area contributed by atoms with Crippen molar-refractivity contribution >= 4 is 68.9 Å². The summed E-state index contributed by atoms with van der Waals surface area (Å²) in [5.41, 5.74) is 3.93. The highest BCUT2D eigenvalue weighted by Gasteiger charge is 2.48. The minimum Gasteiger partial charge on any atom is -0.507 e. The number of aryl methyl sites for hydroxylation is 1. The molecule has 6 rings (SSSR count). The van der Waals surface area contributed by atoms with Gasteiger partial charge in [0.1, 0.15) is 23.9 Å². The highest BCUT2D eigenvalue weighted by Crippen LogP contribution is 2.44. The number of nitrogens with zero attached hydrogens (tertiary/aromatic N) is 3. The molecule has 0 saturated carbocycles. The van der Waals surface area contributed by atoms with Crippen LogP contribution in [0.2, 0.25) is 10.0 Å². The highest BCUT2D eigenvalue weighted by molar-refractivity contribution is 8.00. The van der Waals surface area contributed by atoms with Crippen LogP contribution < -0.4 is 14.4 Å². The maximum absolute atomic E-state index is 13.7. The molecule has 1 aliphatic heterocycles. The first-order chi connectivity index (χ1) is 23.2. The van der Waals surface area contributed by atoms with Gasteiger partial charge in [-0.15, -0.1) is 10.2 Å². The van der Waals surface area contributed by atoms with Gasteiger partial charge in [0.05, 0.1) is 18.2 Å². The molecule has 1 saturated heterocycles. The van der Waals surface area contributed by atoms with E-state index in [0.717, 1.165) is 16.7 Å². The van der Waals surface area contributed by atoms with Crippen molar-refractivity contribution in [1.29, 1.82) is 0 Å². The zero-order valence-electron chi connectivity index (χ0n) is 25.9. The van der Waals surface area contributed by atoms with Gasteiger partial charge >= 0.3 is 5.91 Å². The lowest BCUT2D eigenvalue weighted by Gasteiger charge is -2.22. The molecule has 1 unspecified atom stereocenters. The van der Waals surface area contributed by atoms with Gasteiger partial charge in [0.2, 0.25) is 5.13 Å². The molecule has 8 nitrogen and oxygen atoms in total. The monoisotopic (exact) mass is 717 g/mol. The topological polar surface area (TPSA) is 102 Å². The van der Waals surface area contributed by atoms with E-state index in [1.165, 1.54) is 28.0 Å². The van der Waals surface area contributed by atoms with Crippen molar-refractivity contribution in [3.63, 3.8) is 0 Å². The van der Waals surface area contributed by atoms with Crippen molar-refractivity contribution in [3.05, 3.63) is 134 Å². The molecule has 1 atom stereocenters. The summed E-state index contributed by atoms with van der Waals surface area (Å²) in [4.78, 5) is 28.6. The third kappa shape index (κ3) is 7.37. The number of ketones is 1. The number of ether oxygens (including phenoxy) is 2. The number of aliphatic hydroxyl groups excluding tert-OH is 1. The summed E-state index contributed by atoms with van der Waals surface area (Å²) < 4.78 is 12.1. The summed E-state index contributed by atoms with van der Waals surface area (Å²) in [7, 11) is 0. The number of thioether (sulfide) groups is 1. The van der Waals surface area contributed by atoms with E-state index in [1.54, 1.807) is 60.7 Å². The molecule has 48 heavy (non-hydrogen) atoms. The Balaban J connectivity index is 1.30. The average molecular weight is 719 g/mol. The molecule has 1 N–H and O–H groups in total. The van der Waals surface area contributed by atoms with E-state index in [0.29, 0.717) is 56.0 Å². The van der Waals surface area contributed by atoms with E-state index in [9.17, 15) is 14.7 Å². The van der Waals surface area contributed by atoms with Gasteiger partial charge < -0.3 is 14.6 Å². The van der Waals surface area contributed by atoms with E-state index in [2.05, 4.69) is 16.3 Å². The number of amides is 1. The summed E-state index contributed by atoms with van der Waals surface area (Å²) in [6.45, 7) is 4.76. The van der Waals surface area contributed by atoms with Crippen LogP contribution in [-0.2, 0) is 21.9 Å². The number of benzene rings is 4. The van der Waals surface area contributed by atoms with Crippen LogP contribution in [0, 0.1) is 6.92 Å². The molecule has 12 heteroatoms. The Hall–Kier alpha value is -4.35. The summed E-state index contributed by atoms with van der Waals surface area (Å²) in [6, 6.07) is 26.2. The molecule has 4 aromatic carbocycles. The zero-order valence-corrected chi connectivity index (χ0v) is 29.0. The van der Waals surface area contributed by atoms with Crippen LogP contribution in [0.4, 0.5) is 5.13 Å². The summed E-state index contributed by atoms with van der Waals surface area (Å²) in [5, 5.41) is 21.4. The standard InChI is InChI=1S/C36H29Cl2N3O5S2/c1-3-45-27-13-8-23(9-14-27)31-30(32(42)24-10-15-28(16-11-24)46-19-22-6-4-5-21(2)17-22)33(43)34(44)41(31)35-39-40-36(48-35)47-20-25-7-12-26(37)18-29(25)38/h4-18,31,42H,3,19-20H2,1-2H3. The van der Waals surface area contributed by atoms with Crippen LogP contribution in [0.3, 0.4) is 0 Å². The number of aromatic nitrogens is 2. The molecule has 244 valence electrons. The van der Waals surface area contributed by atoms with Crippen molar-refractivity contribution < 1.29 is 24.2 Å². The van der Waals surface area contributed by atoms with Crippen molar-refractivity contribution in [2.45, 2.75) is 36.6 Å². The fourth-order valence-electron chi connectivity index (χ4n) is 5.23. The zero-order chi connectivity index (χ0) is 33.8. The smallest absolute Gasteiger partial charge is 0.301 e. The molecule has 0 radical (unpaired) electrons. The average Bonchev–Trinajstić information content (AvgIpc) is 3.65. The van der Waals surface area contributed by atoms with Crippen LogP contribution >= 0.6 is 46.3 Å². The van der Waals surface area contributed by atoms with Crippen LogP contribution in [0.5, 0.6) is 11.5 Å². The highest BCUT2D eigenvalue weighted by atomic mass is 35.5. The number of hydrogen-bond acceptors (Lipinski definition) is 9. The van der Waals surface area contributed by atoms with Gasteiger partial charge in [-0.1, -0.05) is 94.3 Å². The minimum atomic E-state index is -0.963. The molecular formula is C36H29Cl2N3O5S2. The van der Waals surface area contributed by atoms with Gasteiger partial charge in [0.25, 0.3) is 5.78 Å². The van der Waals surface area contributed by atoms with Crippen LogP contribution in [0.25, 0.3) is 5.76 Å². The largest absolute Gasteiger partial charge is 0.507 e. The fourth-order valence-corrected chi connectivity index (χ4v) is 7.65. The number of halogens is 2. The van der Waals surface area contributed by atoms with Gasteiger partial charge in [-0.05, 0) is 79.1 Å². The number of anilines is 1. The number of rotatable bonds is 11. The first-order valence-corrected chi connectivity index (χ1v) is 17.5. The van der Waals surface area contributed by atoms with E-state index in [4.69, 9.17) is 32.7 Å². The van der Waals surface area contributed by atoms with E-state index < -0.39 is 17.7 Å². The van der Waals surface area contributed by atoms with E-state index in [-0.39, 0.29) is 16.5 Å². The van der Waals surface area contributed by atoms with Gasteiger partial charge in [0.15, 0.2) is 4.34 Å². The fraction of sp³-hybridized carbons (Fsp3) is 0.167. The van der Waals surface area contributed by atoms with Crippen LogP contribution in [-0.4, -0.2) is 33.6 Å². The molecule has 1 aliphatic rings.